The Morgan fingerprint density at radius 1 is 1.17 bits per heavy atom. The molecule has 0 spiro atoms. The molecule has 0 radical (unpaired) electrons. The minimum absolute atomic E-state index is 0.115. The minimum Gasteiger partial charge on any atom is -0.406 e. The average molecular weight is 427 g/mol. The summed E-state index contributed by atoms with van der Waals surface area (Å²) in [7, 11) is 0. The van der Waals surface area contributed by atoms with E-state index in [1.165, 1.54) is 29.1 Å². The average Bonchev–Trinajstić information content (AvgIpc) is 3.37. The fourth-order valence-electron chi connectivity index (χ4n) is 3.30. The van der Waals surface area contributed by atoms with E-state index in [1.807, 2.05) is 0 Å². The van der Waals surface area contributed by atoms with E-state index in [2.05, 4.69) is 9.84 Å². The van der Waals surface area contributed by atoms with Crippen LogP contribution in [0.3, 0.4) is 0 Å². The second-order valence-corrected chi connectivity index (χ2v) is 6.75. The maximum Gasteiger partial charge on any atom is 0.573 e. The highest BCUT2D eigenvalue weighted by atomic mass is 19.4. The molecule has 0 bridgehead atoms. The predicted octanol–water partition coefficient (Wildman–Crippen LogP) is 3.70. The topological polar surface area (TPSA) is 61.6 Å². The molecule has 3 aromatic rings. The molecule has 30 heavy (non-hydrogen) atoms. The molecule has 0 aliphatic carbocycles. The summed E-state index contributed by atoms with van der Waals surface area (Å²) in [5, 5.41) is 3.98. The number of hydrogen-bond acceptors (Lipinski definition) is 4. The van der Waals surface area contributed by atoms with Crippen LogP contribution in [-0.4, -0.2) is 27.3 Å². The molecule has 0 N–H and O–H groups in total. The smallest absolute Gasteiger partial charge is 0.406 e. The summed E-state index contributed by atoms with van der Waals surface area (Å²) in [5.74, 6) is -1.97. The normalized spacial score (nSPS) is 19.5. The number of epoxide rings is 1. The Morgan fingerprint density at radius 3 is 2.40 bits per heavy atom. The third-order valence-corrected chi connectivity index (χ3v) is 4.94. The molecule has 4 rings (SSSR count). The first-order valence-corrected chi connectivity index (χ1v) is 8.72. The van der Waals surface area contributed by atoms with Crippen LogP contribution in [0.1, 0.15) is 18.5 Å². The van der Waals surface area contributed by atoms with Gasteiger partial charge in [-0.2, -0.15) is 9.78 Å². The number of hydrogen-bond donors (Lipinski definition) is 0. The van der Waals surface area contributed by atoms with Gasteiger partial charge in [0.05, 0.1) is 18.3 Å². The van der Waals surface area contributed by atoms with E-state index < -0.39 is 41.1 Å². The van der Waals surface area contributed by atoms with E-state index in [0.29, 0.717) is 0 Å². The SMILES string of the molecule is C[C@@H](n1cnn(-c2ccc(OC(F)(F)F)cc2)c1=O)[C@]1(c2ccc(F)cc2F)CO1. The minimum atomic E-state index is -4.83. The van der Waals surface area contributed by atoms with Crippen molar-refractivity contribution >= 4 is 0 Å². The molecule has 1 aromatic heterocycles. The Morgan fingerprint density at radius 2 is 1.83 bits per heavy atom. The molecule has 1 aliphatic rings. The van der Waals surface area contributed by atoms with Crippen LogP contribution < -0.4 is 10.4 Å². The molecular weight excluding hydrogens is 413 g/mol. The standard InChI is InChI=1S/C19H14F5N3O3/c1-11(18(9-29-18)15-7-2-12(20)8-16(15)21)26-10-25-27(17(26)28)13-3-5-14(6-4-13)30-19(22,23)24/h2-8,10-11H,9H2,1H3/t11-,18+/m1/s1. The van der Waals surface area contributed by atoms with Gasteiger partial charge >= 0.3 is 12.1 Å². The summed E-state index contributed by atoms with van der Waals surface area (Å²) >= 11 is 0. The summed E-state index contributed by atoms with van der Waals surface area (Å²) in [4.78, 5) is 12.8. The van der Waals surface area contributed by atoms with E-state index in [4.69, 9.17) is 4.74 Å². The molecular formula is C19H14F5N3O3. The number of aromatic nitrogens is 3. The maximum absolute atomic E-state index is 14.3. The van der Waals surface area contributed by atoms with Crippen molar-refractivity contribution < 1.29 is 31.4 Å². The number of ether oxygens (including phenoxy) is 2. The molecule has 11 heteroatoms. The lowest BCUT2D eigenvalue weighted by Gasteiger charge is -2.21. The van der Waals surface area contributed by atoms with Gasteiger partial charge in [-0.15, -0.1) is 13.2 Å². The van der Waals surface area contributed by atoms with Crippen LogP contribution >= 0.6 is 0 Å². The number of benzene rings is 2. The summed E-state index contributed by atoms with van der Waals surface area (Å²) in [6, 6.07) is 7.01. The number of nitrogens with zero attached hydrogens (tertiary/aromatic N) is 3. The zero-order valence-corrected chi connectivity index (χ0v) is 15.4. The molecule has 2 heterocycles. The Bertz CT molecular complexity index is 1130. The van der Waals surface area contributed by atoms with Crippen LogP contribution in [-0.2, 0) is 10.3 Å². The summed E-state index contributed by atoms with van der Waals surface area (Å²) < 4.78 is 75.8. The number of halogens is 5. The van der Waals surface area contributed by atoms with Gasteiger partial charge in [-0.05, 0) is 37.3 Å². The Kier molecular flexibility index (Phi) is 4.64. The van der Waals surface area contributed by atoms with E-state index >= 15 is 0 Å². The maximum atomic E-state index is 14.3. The van der Waals surface area contributed by atoms with Crippen LogP contribution in [0.2, 0.25) is 0 Å². The lowest BCUT2D eigenvalue weighted by molar-refractivity contribution is -0.274. The van der Waals surface area contributed by atoms with Crippen molar-refractivity contribution in [3.63, 3.8) is 0 Å². The molecule has 158 valence electrons. The monoisotopic (exact) mass is 427 g/mol. The van der Waals surface area contributed by atoms with Crippen molar-refractivity contribution in [2.24, 2.45) is 0 Å². The van der Waals surface area contributed by atoms with Gasteiger partial charge in [0.25, 0.3) is 0 Å². The molecule has 0 amide bonds. The molecule has 2 aromatic carbocycles. The lowest BCUT2D eigenvalue weighted by Crippen LogP contribution is -2.33. The number of rotatable bonds is 5. The molecule has 0 unspecified atom stereocenters. The highest BCUT2D eigenvalue weighted by molar-refractivity contribution is 5.36. The summed E-state index contributed by atoms with van der Waals surface area (Å²) in [5.41, 5.74) is -1.44. The highest BCUT2D eigenvalue weighted by Crippen LogP contribution is 2.48. The number of alkyl halides is 3. The Labute approximate surface area is 166 Å². The zero-order valence-electron chi connectivity index (χ0n) is 15.4. The predicted molar refractivity (Wildman–Crippen MR) is 93.2 cm³/mol. The van der Waals surface area contributed by atoms with E-state index in [0.717, 1.165) is 28.9 Å². The van der Waals surface area contributed by atoms with Crippen molar-refractivity contribution in [2.75, 3.05) is 6.61 Å². The fraction of sp³-hybridized carbons (Fsp3) is 0.263. The molecule has 2 atom stereocenters. The summed E-state index contributed by atoms with van der Waals surface area (Å²) in [6.07, 6.45) is -3.61. The first kappa shape index (κ1) is 20.1. The van der Waals surface area contributed by atoms with Crippen molar-refractivity contribution in [3.05, 3.63) is 76.5 Å². The van der Waals surface area contributed by atoms with Crippen LogP contribution in [0.25, 0.3) is 5.69 Å². The second-order valence-electron chi connectivity index (χ2n) is 6.75. The fourth-order valence-corrected chi connectivity index (χ4v) is 3.30. The lowest BCUT2D eigenvalue weighted by atomic mass is 9.92. The van der Waals surface area contributed by atoms with Crippen LogP contribution in [0.15, 0.2) is 53.6 Å². The Hall–Kier alpha value is -3.21. The highest BCUT2D eigenvalue weighted by Gasteiger charge is 2.54. The van der Waals surface area contributed by atoms with Gasteiger partial charge < -0.3 is 9.47 Å². The van der Waals surface area contributed by atoms with Crippen LogP contribution in [0.5, 0.6) is 5.75 Å². The molecule has 1 aliphatic heterocycles. The van der Waals surface area contributed by atoms with Gasteiger partial charge in [0.1, 0.15) is 29.3 Å². The Balaban J connectivity index is 1.63. The van der Waals surface area contributed by atoms with Crippen molar-refractivity contribution in [1.82, 2.24) is 14.3 Å². The second kappa shape index (κ2) is 6.94. The third-order valence-electron chi connectivity index (χ3n) is 4.94. The van der Waals surface area contributed by atoms with Gasteiger partial charge in [-0.3, -0.25) is 4.57 Å². The van der Waals surface area contributed by atoms with Crippen molar-refractivity contribution in [1.29, 1.82) is 0 Å². The van der Waals surface area contributed by atoms with E-state index in [-0.39, 0.29) is 17.9 Å². The largest absolute Gasteiger partial charge is 0.573 e. The molecule has 1 saturated heterocycles. The third kappa shape index (κ3) is 3.56. The van der Waals surface area contributed by atoms with Gasteiger partial charge in [-0.1, -0.05) is 6.07 Å². The first-order valence-electron chi connectivity index (χ1n) is 8.72. The molecule has 6 nitrogen and oxygen atoms in total. The summed E-state index contributed by atoms with van der Waals surface area (Å²) in [6.45, 7) is 1.75. The van der Waals surface area contributed by atoms with Crippen LogP contribution in [0.4, 0.5) is 22.0 Å². The van der Waals surface area contributed by atoms with Crippen molar-refractivity contribution in [2.45, 2.75) is 24.9 Å². The van der Waals surface area contributed by atoms with Gasteiger partial charge in [-0.25, -0.2) is 13.6 Å². The van der Waals surface area contributed by atoms with Crippen LogP contribution in [0, 0.1) is 11.6 Å². The quantitative estimate of drug-likeness (QED) is 0.460. The van der Waals surface area contributed by atoms with Gasteiger partial charge in [0.15, 0.2) is 0 Å². The van der Waals surface area contributed by atoms with Gasteiger partial charge in [0.2, 0.25) is 0 Å². The molecule has 0 saturated carbocycles. The van der Waals surface area contributed by atoms with Crippen molar-refractivity contribution in [3.8, 4) is 11.4 Å². The molecule has 1 fully saturated rings. The first-order chi connectivity index (χ1) is 14.1. The van der Waals surface area contributed by atoms with E-state index in [1.54, 1.807) is 6.92 Å². The van der Waals surface area contributed by atoms with Gasteiger partial charge in [0, 0.05) is 11.6 Å². The van der Waals surface area contributed by atoms with E-state index in [9.17, 15) is 26.7 Å². The zero-order chi connectivity index (χ0) is 21.7.